The SMILES string of the molecule is O=C(CC1CNC1)N1CCc2ncccc2C1. The molecule has 0 bridgehead atoms. The maximum absolute atomic E-state index is 12.1. The second-order valence-corrected chi connectivity index (χ2v) is 4.90. The summed E-state index contributed by atoms with van der Waals surface area (Å²) in [5, 5.41) is 3.20. The van der Waals surface area contributed by atoms with Crippen LogP contribution in [0.2, 0.25) is 0 Å². The van der Waals surface area contributed by atoms with Crippen LogP contribution in [0.15, 0.2) is 18.3 Å². The molecule has 1 aromatic heterocycles. The first-order chi connectivity index (χ1) is 8.33. The van der Waals surface area contributed by atoms with Gasteiger partial charge in [-0.05, 0) is 30.6 Å². The highest BCUT2D eigenvalue weighted by Crippen LogP contribution is 2.19. The molecule has 0 radical (unpaired) electrons. The molecule has 0 aliphatic carbocycles. The number of nitrogens with one attached hydrogen (secondary N) is 1. The maximum atomic E-state index is 12.1. The van der Waals surface area contributed by atoms with E-state index in [1.165, 1.54) is 5.56 Å². The molecule has 0 aromatic carbocycles. The van der Waals surface area contributed by atoms with Crippen LogP contribution in [0.4, 0.5) is 0 Å². The van der Waals surface area contributed by atoms with Crippen molar-refractivity contribution in [3.8, 4) is 0 Å². The molecule has 1 saturated heterocycles. The average molecular weight is 231 g/mol. The first-order valence-electron chi connectivity index (χ1n) is 6.24. The standard InChI is InChI=1S/C13H17N3O/c17-13(6-10-7-14-8-10)16-5-3-12-11(9-16)2-1-4-15-12/h1-2,4,10,14H,3,5-9H2. The number of fused-ring (bicyclic) bond motifs is 1. The number of carbonyl (C=O) groups excluding carboxylic acids is 1. The smallest absolute Gasteiger partial charge is 0.223 e. The van der Waals surface area contributed by atoms with E-state index >= 15 is 0 Å². The van der Waals surface area contributed by atoms with Gasteiger partial charge < -0.3 is 10.2 Å². The first kappa shape index (κ1) is 10.7. The fraction of sp³-hybridized carbons (Fsp3) is 0.538. The quantitative estimate of drug-likeness (QED) is 0.809. The summed E-state index contributed by atoms with van der Waals surface area (Å²) < 4.78 is 0. The Balaban J connectivity index is 1.64. The molecule has 1 N–H and O–H groups in total. The number of hydrogen-bond donors (Lipinski definition) is 1. The summed E-state index contributed by atoms with van der Waals surface area (Å²) in [5.74, 6) is 0.851. The van der Waals surface area contributed by atoms with E-state index in [9.17, 15) is 4.79 Å². The number of rotatable bonds is 2. The summed E-state index contributed by atoms with van der Waals surface area (Å²) in [6, 6.07) is 4.02. The lowest BCUT2D eigenvalue weighted by atomic mass is 9.97. The zero-order chi connectivity index (χ0) is 11.7. The first-order valence-corrected chi connectivity index (χ1v) is 6.24. The van der Waals surface area contributed by atoms with E-state index in [0.717, 1.165) is 38.3 Å². The monoisotopic (exact) mass is 231 g/mol. The molecule has 0 atom stereocenters. The number of amides is 1. The Morgan fingerprint density at radius 3 is 3.18 bits per heavy atom. The van der Waals surface area contributed by atoms with Crippen molar-refractivity contribution in [3.05, 3.63) is 29.6 Å². The molecular weight excluding hydrogens is 214 g/mol. The van der Waals surface area contributed by atoms with Gasteiger partial charge in [0, 0.05) is 37.8 Å². The summed E-state index contributed by atoms with van der Waals surface area (Å²) in [6.45, 7) is 3.56. The number of aromatic nitrogens is 1. The van der Waals surface area contributed by atoms with E-state index in [0.29, 0.717) is 18.2 Å². The van der Waals surface area contributed by atoms with Gasteiger partial charge >= 0.3 is 0 Å². The molecule has 3 heterocycles. The molecule has 0 unspecified atom stereocenters. The van der Waals surface area contributed by atoms with Crippen molar-refractivity contribution in [1.82, 2.24) is 15.2 Å². The average Bonchev–Trinajstić information content (AvgIpc) is 2.33. The van der Waals surface area contributed by atoms with Crippen LogP contribution in [0.3, 0.4) is 0 Å². The van der Waals surface area contributed by atoms with E-state index in [4.69, 9.17) is 0 Å². The zero-order valence-electron chi connectivity index (χ0n) is 9.85. The van der Waals surface area contributed by atoms with Gasteiger partial charge in [0.25, 0.3) is 0 Å². The predicted molar refractivity (Wildman–Crippen MR) is 64.3 cm³/mol. The lowest BCUT2D eigenvalue weighted by molar-refractivity contribution is -0.133. The minimum absolute atomic E-state index is 0.297. The van der Waals surface area contributed by atoms with Crippen LogP contribution in [-0.4, -0.2) is 35.4 Å². The third-order valence-electron chi connectivity index (χ3n) is 3.65. The number of nitrogens with zero attached hydrogens (tertiary/aromatic N) is 2. The van der Waals surface area contributed by atoms with Gasteiger partial charge in [-0.25, -0.2) is 0 Å². The molecule has 17 heavy (non-hydrogen) atoms. The van der Waals surface area contributed by atoms with Gasteiger partial charge in [0.2, 0.25) is 5.91 Å². The van der Waals surface area contributed by atoms with Crippen molar-refractivity contribution in [2.45, 2.75) is 19.4 Å². The normalized spacial score (nSPS) is 19.6. The molecule has 2 aliphatic rings. The highest BCUT2D eigenvalue weighted by Gasteiger charge is 2.26. The highest BCUT2D eigenvalue weighted by molar-refractivity contribution is 5.77. The molecule has 0 spiro atoms. The van der Waals surface area contributed by atoms with Gasteiger partial charge in [0.05, 0.1) is 0 Å². The van der Waals surface area contributed by atoms with Crippen LogP contribution < -0.4 is 5.32 Å². The van der Waals surface area contributed by atoms with E-state index in [-0.39, 0.29) is 0 Å². The predicted octanol–water partition coefficient (Wildman–Crippen LogP) is 0.576. The van der Waals surface area contributed by atoms with Gasteiger partial charge in [-0.2, -0.15) is 0 Å². The van der Waals surface area contributed by atoms with Crippen molar-refractivity contribution in [2.24, 2.45) is 5.92 Å². The largest absolute Gasteiger partial charge is 0.338 e. The number of carbonyl (C=O) groups is 1. The van der Waals surface area contributed by atoms with E-state index in [1.54, 1.807) is 0 Å². The molecule has 1 fully saturated rings. The molecule has 90 valence electrons. The van der Waals surface area contributed by atoms with Gasteiger partial charge in [0.1, 0.15) is 0 Å². The Morgan fingerprint density at radius 1 is 1.53 bits per heavy atom. The fourth-order valence-electron chi connectivity index (χ4n) is 2.45. The number of hydrogen-bond acceptors (Lipinski definition) is 3. The third kappa shape index (κ3) is 2.17. The minimum Gasteiger partial charge on any atom is -0.338 e. The molecule has 0 saturated carbocycles. The van der Waals surface area contributed by atoms with Crippen molar-refractivity contribution < 1.29 is 4.79 Å². The maximum Gasteiger partial charge on any atom is 0.223 e. The zero-order valence-corrected chi connectivity index (χ0v) is 9.85. The van der Waals surface area contributed by atoms with Crippen LogP contribution in [0.5, 0.6) is 0 Å². The fourth-order valence-corrected chi connectivity index (χ4v) is 2.45. The lowest BCUT2D eigenvalue weighted by Crippen LogP contribution is -2.46. The molecule has 1 aromatic rings. The van der Waals surface area contributed by atoms with Crippen LogP contribution in [0.25, 0.3) is 0 Å². The second kappa shape index (κ2) is 4.45. The Morgan fingerprint density at radius 2 is 2.41 bits per heavy atom. The highest BCUT2D eigenvalue weighted by atomic mass is 16.2. The van der Waals surface area contributed by atoms with Crippen molar-refractivity contribution in [1.29, 1.82) is 0 Å². The van der Waals surface area contributed by atoms with Crippen molar-refractivity contribution in [2.75, 3.05) is 19.6 Å². The Labute approximate surface area is 101 Å². The lowest BCUT2D eigenvalue weighted by Gasteiger charge is -2.32. The van der Waals surface area contributed by atoms with Crippen molar-refractivity contribution in [3.63, 3.8) is 0 Å². The van der Waals surface area contributed by atoms with Crippen LogP contribution >= 0.6 is 0 Å². The van der Waals surface area contributed by atoms with E-state index in [2.05, 4.69) is 16.4 Å². The van der Waals surface area contributed by atoms with E-state index in [1.807, 2.05) is 17.2 Å². The van der Waals surface area contributed by atoms with E-state index < -0.39 is 0 Å². The molecule has 1 amide bonds. The number of pyridine rings is 1. The molecule has 4 heteroatoms. The van der Waals surface area contributed by atoms with Gasteiger partial charge in [-0.1, -0.05) is 6.07 Å². The molecule has 4 nitrogen and oxygen atoms in total. The Kier molecular flexibility index (Phi) is 2.81. The minimum atomic E-state index is 0.297. The van der Waals surface area contributed by atoms with Gasteiger partial charge in [-0.3, -0.25) is 9.78 Å². The summed E-state index contributed by atoms with van der Waals surface area (Å²) in [6.07, 6.45) is 3.42. The van der Waals surface area contributed by atoms with Crippen LogP contribution in [0, 0.1) is 5.92 Å². The van der Waals surface area contributed by atoms with Crippen LogP contribution in [0.1, 0.15) is 17.7 Å². The second-order valence-electron chi connectivity index (χ2n) is 4.90. The molecule has 2 aliphatic heterocycles. The summed E-state index contributed by atoms with van der Waals surface area (Å²) in [4.78, 5) is 18.4. The van der Waals surface area contributed by atoms with Gasteiger partial charge in [0.15, 0.2) is 0 Å². The Hall–Kier alpha value is -1.42. The summed E-state index contributed by atoms with van der Waals surface area (Å²) >= 11 is 0. The van der Waals surface area contributed by atoms with Crippen LogP contribution in [-0.2, 0) is 17.8 Å². The molecule has 3 rings (SSSR count). The third-order valence-corrected chi connectivity index (χ3v) is 3.65. The molecular formula is C13H17N3O. The van der Waals surface area contributed by atoms with Crippen molar-refractivity contribution >= 4 is 5.91 Å². The Bertz CT molecular complexity index is 428. The summed E-state index contributed by atoms with van der Waals surface area (Å²) in [5.41, 5.74) is 2.36. The topological polar surface area (TPSA) is 45.2 Å². The summed E-state index contributed by atoms with van der Waals surface area (Å²) in [7, 11) is 0. The van der Waals surface area contributed by atoms with Gasteiger partial charge in [-0.15, -0.1) is 0 Å².